The minimum atomic E-state index is -0.237. The van der Waals surface area contributed by atoms with Crippen LogP contribution in [-0.4, -0.2) is 20.6 Å². The predicted octanol–water partition coefficient (Wildman–Crippen LogP) is 2.21. The molecule has 1 aromatic carbocycles. The van der Waals surface area contributed by atoms with Crippen molar-refractivity contribution >= 4 is 23.0 Å². The number of hydrogen-bond donors (Lipinski definition) is 1. The maximum Gasteiger partial charge on any atom is 0.262 e. The van der Waals surface area contributed by atoms with Crippen molar-refractivity contribution in [2.24, 2.45) is 0 Å². The smallest absolute Gasteiger partial charge is 0.262 e. The number of carbonyl (C=O) groups is 1. The van der Waals surface area contributed by atoms with Crippen molar-refractivity contribution in [1.82, 2.24) is 14.6 Å². The highest BCUT2D eigenvalue weighted by atomic mass is 16.2. The molecule has 0 saturated heterocycles. The summed E-state index contributed by atoms with van der Waals surface area (Å²) >= 11 is 0. The Kier molecular flexibility index (Phi) is 3.24. The molecule has 2 aromatic heterocycles. The zero-order chi connectivity index (χ0) is 13.8. The van der Waals surface area contributed by atoms with Crippen LogP contribution in [0.25, 0.3) is 17.1 Å². The topological polar surface area (TPSA) is 59.8 Å². The third-order valence-corrected chi connectivity index (χ3v) is 2.78. The first kappa shape index (κ1) is 12.1. The highest BCUT2D eigenvalue weighted by Crippen LogP contribution is 2.09. The number of para-hydroxylation sites is 2. The molecule has 0 bridgehead atoms. The largest absolute Gasteiger partial charge is 0.268 e. The van der Waals surface area contributed by atoms with Crippen LogP contribution in [0.1, 0.15) is 5.69 Å². The van der Waals surface area contributed by atoms with Crippen molar-refractivity contribution in [3.8, 4) is 0 Å². The van der Waals surface area contributed by atoms with Crippen LogP contribution in [0.3, 0.4) is 0 Å². The molecule has 0 saturated carbocycles. The van der Waals surface area contributed by atoms with Crippen LogP contribution < -0.4 is 5.43 Å². The molecular weight excluding hydrogens is 252 g/mol. The molecule has 1 amide bonds. The Hall–Kier alpha value is -2.95. The number of pyridine rings is 1. The van der Waals surface area contributed by atoms with Crippen molar-refractivity contribution in [3.63, 3.8) is 0 Å². The second kappa shape index (κ2) is 5.36. The molecular formula is C15H12N4O. The van der Waals surface area contributed by atoms with Gasteiger partial charge in [-0.2, -0.15) is 0 Å². The molecule has 0 aliphatic rings. The first-order valence-corrected chi connectivity index (χ1v) is 6.15. The summed E-state index contributed by atoms with van der Waals surface area (Å²) in [6, 6.07) is 13.1. The molecule has 0 spiro atoms. The Morgan fingerprint density at radius 3 is 2.80 bits per heavy atom. The van der Waals surface area contributed by atoms with E-state index in [1.165, 1.54) is 6.08 Å². The third kappa shape index (κ3) is 2.56. The Labute approximate surface area is 115 Å². The standard InChI is InChI=1S/C15H12N4O/c20-15(9-8-12-5-3-4-10-16-12)18-19-11-17-13-6-1-2-7-14(13)19/h1-11H,(H,18,20)/b9-8+. The highest BCUT2D eigenvalue weighted by molar-refractivity contribution is 5.98. The van der Waals surface area contributed by atoms with Crippen LogP contribution in [0.2, 0.25) is 0 Å². The number of hydrogen-bond acceptors (Lipinski definition) is 3. The first-order valence-electron chi connectivity index (χ1n) is 6.15. The zero-order valence-electron chi connectivity index (χ0n) is 10.6. The molecule has 3 rings (SSSR count). The molecule has 0 unspecified atom stereocenters. The van der Waals surface area contributed by atoms with Gasteiger partial charge in [0.1, 0.15) is 6.33 Å². The lowest BCUT2D eigenvalue weighted by molar-refractivity contribution is -0.112. The number of aromatic nitrogens is 3. The number of rotatable bonds is 3. The van der Waals surface area contributed by atoms with Crippen LogP contribution in [0.5, 0.6) is 0 Å². The fraction of sp³-hybridized carbons (Fsp3) is 0. The molecule has 0 radical (unpaired) electrons. The van der Waals surface area contributed by atoms with E-state index in [1.807, 2.05) is 42.5 Å². The number of benzene rings is 1. The molecule has 0 aliphatic heterocycles. The summed E-state index contributed by atoms with van der Waals surface area (Å²) in [6.07, 6.45) is 6.36. The van der Waals surface area contributed by atoms with Crippen LogP contribution in [0.4, 0.5) is 0 Å². The molecule has 1 N–H and O–H groups in total. The minimum absolute atomic E-state index is 0.237. The summed E-state index contributed by atoms with van der Waals surface area (Å²) in [5.41, 5.74) is 5.16. The number of amides is 1. The molecule has 2 heterocycles. The fourth-order valence-corrected chi connectivity index (χ4v) is 1.84. The van der Waals surface area contributed by atoms with Gasteiger partial charge in [0.2, 0.25) is 0 Å². The molecule has 0 atom stereocenters. The Balaban J connectivity index is 1.75. The molecule has 3 aromatic rings. The van der Waals surface area contributed by atoms with Gasteiger partial charge in [-0.3, -0.25) is 15.2 Å². The SMILES string of the molecule is O=C(/C=C/c1ccccn1)Nn1cnc2ccccc21. The molecule has 98 valence electrons. The Bertz CT molecular complexity index is 762. The van der Waals surface area contributed by atoms with Gasteiger partial charge in [0.25, 0.3) is 5.91 Å². The predicted molar refractivity (Wildman–Crippen MR) is 77.4 cm³/mol. The van der Waals surface area contributed by atoms with Crippen LogP contribution in [-0.2, 0) is 4.79 Å². The molecule has 5 nitrogen and oxygen atoms in total. The van der Waals surface area contributed by atoms with E-state index in [0.717, 1.165) is 16.7 Å². The quantitative estimate of drug-likeness (QED) is 0.738. The zero-order valence-corrected chi connectivity index (χ0v) is 10.6. The minimum Gasteiger partial charge on any atom is -0.268 e. The van der Waals surface area contributed by atoms with E-state index < -0.39 is 0 Å². The van der Waals surface area contributed by atoms with Crippen molar-refractivity contribution in [3.05, 3.63) is 66.8 Å². The maximum atomic E-state index is 11.9. The third-order valence-electron chi connectivity index (χ3n) is 2.78. The highest BCUT2D eigenvalue weighted by Gasteiger charge is 2.02. The van der Waals surface area contributed by atoms with E-state index >= 15 is 0 Å². The average molecular weight is 264 g/mol. The van der Waals surface area contributed by atoms with Gasteiger partial charge in [-0.05, 0) is 30.3 Å². The van der Waals surface area contributed by atoms with Gasteiger partial charge in [0.15, 0.2) is 0 Å². The van der Waals surface area contributed by atoms with E-state index in [1.54, 1.807) is 23.3 Å². The molecule has 0 aliphatic carbocycles. The number of fused-ring (bicyclic) bond motifs is 1. The number of nitrogens with zero attached hydrogens (tertiary/aromatic N) is 3. The van der Waals surface area contributed by atoms with Gasteiger partial charge < -0.3 is 0 Å². The summed E-state index contributed by atoms with van der Waals surface area (Å²) in [7, 11) is 0. The lowest BCUT2D eigenvalue weighted by Gasteiger charge is -2.03. The summed E-state index contributed by atoms with van der Waals surface area (Å²) in [5, 5.41) is 0. The van der Waals surface area contributed by atoms with Gasteiger partial charge in [0, 0.05) is 12.3 Å². The maximum absolute atomic E-state index is 11.9. The van der Waals surface area contributed by atoms with E-state index in [0.29, 0.717) is 0 Å². The second-order valence-electron chi connectivity index (χ2n) is 4.17. The van der Waals surface area contributed by atoms with Gasteiger partial charge in [-0.15, -0.1) is 0 Å². The Morgan fingerprint density at radius 1 is 1.10 bits per heavy atom. The lowest BCUT2D eigenvalue weighted by Crippen LogP contribution is -2.19. The molecule has 0 fully saturated rings. The van der Waals surface area contributed by atoms with Gasteiger partial charge in [-0.1, -0.05) is 18.2 Å². The Morgan fingerprint density at radius 2 is 1.95 bits per heavy atom. The molecule has 5 heteroatoms. The average Bonchev–Trinajstić information content (AvgIpc) is 2.90. The van der Waals surface area contributed by atoms with Crippen molar-refractivity contribution in [1.29, 1.82) is 0 Å². The van der Waals surface area contributed by atoms with Gasteiger partial charge in [0.05, 0.1) is 16.7 Å². The molecule has 20 heavy (non-hydrogen) atoms. The number of imidazole rings is 1. The van der Waals surface area contributed by atoms with Crippen molar-refractivity contribution < 1.29 is 4.79 Å². The lowest BCUT2D eigenvalue weighted by atomic mass is 10.3. The monoisotopic (exact) mass is 264 g/mol. The van der Waals surface area contributed by atoms with E-state index in [-0.39, 0.29) is 5.91 Å². The summed E-state index contributed by atoms with van der Waals surface area (Å²) in [5.74, 6) is -0.237. The van der Waals surface area contributed by atoms with Crippen LogP contribution in [0, 0.1) is 0 Å². The van der Waals surface area contributed by atoms with E-state index in [9.17, 15) is 4.79 Å². The van der Waals surface area contributed by atoms with Crippen molar-refractivity contribution in [2.75, 3.05) is 5.43 Å². The van der Waals surface area contributed by atoms with Crippen LogP contribution in [0.15, 0.2) is 61.1 Å². The number of nitrogens with one attached hydrogen (secondary N) is 1. The summed E-state index contributed by atoms with van der Waals surface area (Å²) in [6.45, 7) is 0. The van der Waals surface area contributed by atoms with Crippen molar-refractivity contribution in [2.45, 2.75) is 0 Å². The van der Waals surface area contributed by atoms with Crippen LogP contribution >= 0.6 is 0 Å². The van der Waals surface area contributed by atoms with Gasteiger partial charge in [-0.25, -0.2) is 9.66 Å². The first-order chi connectivity index (χ1) is 9.83. The van der Waals surface area contributed by atoms with Gasteiger partial charge >= 0.3 is 0 Å². The second-order valence-corrected chi connectivity index (χ2v) is 4.17. The number of carbonyl (C=O) groups excluding carboxylic acids is 1. The normalized spacial score (nSPS) is 11.0. The summed E-state index contributed by atoms with van der Waals surface area (Å²) in [4.78, 5) is 20.2. The fourth-order valence-electron chi connectivity index (χ4n) is 1.84. The summed E-state index contributed by atoms with van der Waals surface area (Å²) < 4.78 is 1.60. The van der Waals surface area contributed by atoms with E-state index in [4.69, 9.17) is 0 Å². The van der Waals surface area contributed by atoms with E-state index in [2.05, 4.69) is 15.4 Å².